The first-order valence-electron chi connectivity index (χ1n) is 19.0. The lowest BCUT2D eigenvalue weighted by Gasteiger charge is -1.98. The summed E-state index contributed by atoms with van der Waals surface area (Å²) in [5.41, 5.74) is 11.0. The van der Waals surface area contributed by atoms with Crippen LogP contribution in [0.25, 0.3) is 0 Å². The number of benzene rings is 5. The van der Waals surface area contributed by atoms with E-state index in [-0.39, 0.29) is 5.82 Å². The van der Waals surface area contributed by atoms with Crippen LogP contribution in [0.5, 0.6) is 0 Å². The molecule has 0 aromatic heterocycles. The number of aryl methyl sites for hydroxylation is 9. The fourth-order valence-electron chi connectivity index (χ4n) is 3.46. The third-order valence-electron chi connectivity index (χ3n) is 6.09. The van der Waals surface area contributed by atoms with E-state index in [1.165, 1.54) is 63.2 Å². The molecule has 5 aromatic carbocycles. The molecule has 5 rings (SSSR count). The summed E-state index contributed by atoms with van der Waals surface area (Å²) in [7, 11) is 0. The highest BCUT2D eigenvalue weighted by molar-refractivity contribution is 5.28. The number of hydrogen-bond donors (Lipinski definition) is 0. The van der Waals surface area contributed by atoms with E-state index in [2.05, 4.69) is 115 Å². The predicted octanol–water partition coefficient (Wildman–Crippen LogP) is 16.8. The summed E-state index contributed by atoms with van der Waals surface area (Å²) < 4.78 is 36.5. The van der Waals surface area contributed by atoms with Gasteiger partial charge >= 0.3 is 0 Å². The normalized spacial score (nSPS) is 8.19. The van der Waals surface area contributed by atoms with E-state index >= 15 is 0 Å². The van der Waals surface area contributed by atoms with Crippen molar-refractivity contribution < 1.29 is 13.2 Å². The van der Waals surface area contributed by atoms with Crippen molar-refractivity contribution in [2.75, 3.05) is 0 Å². The van der Waals surface area contributed by atoms with Gasteiger partial charge in [-0.05, 0) is 109 Å². The fraction of sp³-hybridized carbons (Fsp3) is 0.388. The molecule has 52 heavy (non-hydrogen) atoms. The van der Waals surface area contributed by atoms with Crippen LogP contribution in [0.15, 0.2) is 109 Å². The van der Waals surface area contributed by atoms with Gasteiger partial charge in [-0.2, -0.15) is 0 Å². The molecule has 0 aliphatic heterocycles. The minimum Gasteiger partial charge on any atom is -0.207 e. The van der Waals surface area contributed by atoms with Crippen molar-refractivity contribution >= 4 is 0 Å². The summed E-state index contributed by atoms with van der Waals surface area (Å²) in [5.74, 6) is -1.20. The van der Waals surface area contributed by atoms with Gasteiger partial charge in [0.05, 0.1) is 0 Å². The molecule has 0 saturated carbocycles. The van der Waals surface area contributed by atoms with E-state index in [9.17, 15) is 13.2 Å². The molecule has 0 fully saturated rings. The monoisotopic (exact) mass is 721 g/mol. The Kier molecular flexibility index (Phi) is 43.7. The van der Waals surface area contributed by atoms with Crippen LogP contribution in [0.2, 0.25) is 0 Å². The largest absolute Gasteiger partial charge is 0.207 e. The van der Waals surface area contributed by atoms with E-state index in [0.717, 1.165) is 11.6 Å². The van der Waals surface area contributed by atoms with Gasteiger partial charge in [-0.15, -0.1) is 0 Å². The molecule has 0 nitrogen and oxygen atoms in total. The molecule has 0 atom stereocenters. The minimum absolute atomic E-state index is 0.162. The van der Waals surface area contributed by atoms with E-state index in [1.807, 2.05) is 82.2 Å². The van der Waals surface area contributed by atoms with Gasteiger partial charge in [0.15, 0.2) is 0 Å². The quantitative estimate of drug-likeness (QED) is 0.149. The van der Waals surface area contributed by atoms with Crippen molar-refractivity contribution in [3.63, 3.8) is 0 Å². The first kappa shape index (κ1) is 57.2. The van der Waals surface area contributed by atoms with Gasteiger partial charge in [0.25, 0.3) is 0 Å². The lowest BCUT2D eigenvalue weighted by molar-refractivity contribution is 0.581. The average Bonchev–Trinajstić information content (AvgIpc) is 3.14. The standard InChI is InChI=1S/C9H12.2C8H10.C7H6F2.C7H7F.5C2H6/c1-7-4-5-8(2)9(3)6-7;2*1-7-3-5-8(2)6-4-7;1-5-2-6(8)4-7(9)3-5;1-6-3-2-4-7(8)5-6;5*1-2/h4-6H,1-3H3;2*3-6H,1-2H3;2-4H,1H3;2-5H,1H3;5*1-2H3. The predicted molar refractivity (Wildman–Crippen MR) is 231 cm³/mol. The second kappa shape index (κ2) is 39.7. The van der Waals surface area contributed by atoms with Crippen LogP contribution in [0, 0.1) is 79.8 Å². The molecule has 0 bridgehead atoms. The zero-order valence-electron chi connectivity index (χ0n) is 36.5. The maximum absolute atomic E-state index is 12.2. The van der Waals surface area contributed by atoms with Crippen LogP contribution in [-0.4, -0.2) is 0 Å². The maximum Gasteiger partial charge on any atom is 0.126 e. The van der Waals surface area contributed by atoms with Gasteiger partial charge in [-0.3, -0.25) is 0 Å². The Morgan fingerprint density at radius 2 is 0.538 bits per heavy atom. The molecule has 0 amide bonds. The second-order valence-electron chi connectivity index (χ2n) is 10.6. The highest BCUT2D eigenvalue weighted by Gasteiger charge is 1.94. The summed E-state index contributed by atoms with van der Waals surface area (Å²) in [6, 6.07) is 33.4. The second-order valence-corrected chi connectivity index (χ2v) is 10.6. The third kappa shape index (κ3) is 35.7. The van der Waals surface area contributed by atoms with E-state index in [1.54, 1.807) is 13.0 Å². The smallest absolute Gasteiger partial charge is 0.126 e. The molecule has 3 heteroatoms. The minimum atomic E-state index is -0.521. The summed E-state index contributed by atoms with van der Waals surface area (Å²) in [6.45, 7) is 38.3. The Labute approximate surface area is 320 Å². The maximum atomic E-state index is 12.2. The summed E-state index contributed by atoms with van der Waals surface area (Å²) in [6.07, 6.45) is 0. The van der Waals surface area contributed by atoms with E-state index < -0.39 is 11.6 Å². The SMILES string of the molecule is CC.CC.CC.CC.CC.Cc1cc(F)cc(F)c1.Cc1ccc(C)c(C)c1.Cc1ccc(C)cc1.Cc1ccc(C)cc1.Cc1cccc(F)c1. The van der Waals surface area contributed by atoms with Crippen molar-refractivity contribution in [3.8, 4) is 0 Å². The third-order valence-corrected chi connectivity index (χ3v) is 6.09. The van der Waals surface area contributed by atoms with Crippen LogP contribution in [0.3, 0.4) is 0 Å². The number of halogens is 3. The molecule has 0 saturated heterocycles. The first-order valence-corrected chi connectivity index (χ1v) is 19.0. The van der Waals surface area contributed by atoms with Crippen LogP contribution in [0.1, 0.15) is 119 Å². The molecule has 5 aromatic rings. The van der Waals surface area contributed by atoms with Gasteiger partial charge < -0.3 is 0 Å². The molecule has 0 radical (unpaired) electrons. The van der Waals surface area contributed by atoms with Crippen molar-refractivity contribution in [2.24, 2.45) is 0 Å². The van der Waals surface area contributed by atoms with Crippen molar-refractivity contribution in [2.45, 2.75) is 132 Å². The van der Waals surface area contributed by atoms with Crippen LogP contribution < -0.4 is 0 Å². The van der Waals surface area contributed by atoms with Gasteiger partial charge in [-0.25, -0.2) is 13.2 Å². The zero-order valence-corrected chi connectivity index (χ0v) is 36.5. The van der Waals surface area contributed by atoms with Crippen LogP contribution in [-0.2, 0) is 0 Å². The molecule has 0 heterocycles. The number of hydrogen-bond acceptors (Lipinski definition) is 0. The first-order chi connectivity index (χ1) is 24.7. The molecular weight excluding hydrogens is 646 g/mol. The Hall–Kier alpha value is -4.11. The molecule has 292 valence electrons. The lowest BCUT2D eigenvalue weighted by atomic mass is 10.1. The van der Waals surface area contributed by atoms with Crippen molar-refractivity contribution in [1.82, 2.24) is 0 Å². The van der Waals surface area contributed by atoms with Crippen LogP contribution in [0.4, 0.5) is 13.2 Å². The van der Waals surface area contributed by atoms with Crippen LogP contribution >= 0.6 is 0 Å². The topological polar surface area (TPSA) is 0 Å². The van der Waals surface area contributed by atoms with Gasteiger partial charge in [0.2, 0.25) is 0 Å². The molecule has 0 unspecified atom stereocenters. The Morgan fingerprint density at radius 3 is 0.769 bits per heavy atom. The molecule has 0 aliphatic rings. The van der Waals surface area contributed by atoms with E-state index in [4.69, 9.17) is 0 Å². The summed E-state index contributed by atoms with van der Waals surface area (Å²) in [4.78, 5) is 0. The van der Waals surface area contributed by atoms with Crippen molar-refractivity contribution in [3.05, 3.63) is 177 Å². The highest BCUT2D eigenvalue weighted by Crippen LogP contribution is 2.08. The van der Waals surface area contributed by atoms with E-state index in [0.29, 0.717) is 5.56 Å². The Bertz CT molecular complexity index is 1320. The molecule has 0 spiro atoms. The zero-order chi connectivity index (χ0) is 41.7. The number of rotatable bonds is 0. The lowest BCUT2D eigenvalue weighted by Crippen LogP contribution is -1.80. The molecule has 0 aliphatic carbocycles. The fourth-order valence-corrected chi connectivity index (χ4v) is 3.46. The van der Waals surface area contributed by atoms with Crippen molar-refractivity contribution in [1.29, 1.82) is 0 Å². The Balaban J connectivity index is -0.000000167. The van der Waals surface area contributed by atoms with Gasteiger partial charge in [-0.1, -0.05) is 176 Å². The average molecular weight is 721 g/mol. The summed E-state index contributed by atoms with van der Waals surface area (Å²) in [5, 5.41) is 0. The molecule has 0 N–H and O–H groups in total. The summed E-state index contributed by atoms with van der Waals surface area (Å²) >= 11 is 0. The Morgan fingerprint density at radius 1 is 0.250 bits per heavy atom. The molecular formula is C49H75F3. The van der Waals surface area contributed by atoms with Gasteiger partial charge in [0.1, 0.15) is 17.5 Å². The highest BCUT2D eigenvalue weighted by atomic mass is 19.1. The van der Waals surface area contributed by atoms with Gasteiger partial charge in [0, 0.05) is 6.07 Å².